The minimum atomic E-state index is 0.122. The van der Waals surface area contributed by atoms with Gasteiger partial charge in [0.05, 0.1) is 0 Å². The highest BCUT2D eigenvalue weighted by molar-refractivity contribution is 5.96. The third-order valence-electron chi connectivity index (χ3n) is 4.76. The molecule has 3 aromatic rings. The zero-order chi connectivity index (χ0) is 18.2. The van der Waals surface area contributed by atoms with Crippen LogP contribution in [0.3, 0.4) is 0 Å². The minimum absolute atomic E-state index is 0.122. The third-order valence-corrected chi connectivity index (χ3v) is 4.76. The fourth-order valence-electron chi connectivity index (χ4n) is 3.06. The lowest BCUT2D eigenvalue weighted by Gasteiger charge is -2.22. The van der Waals surface area contributed by atoms with Crippen molar-refractivity contribution < 1.29 is 0 Å². The molecule has 0 saturated carbocycles. The van der Waals surface area contributed by atoms with E-state index in [-0.39, 0.29) is 10.8 Å². The molecule has 0 fully saturated rings. The van der Waals surface area contributed by atoms with Gasteiger partial charge >= 0.3 is 0 Å². The van der Waals surface area contributed by atoms with Gasteiger partial charge in [-0.15, -0.1) is 0 Å². The summed E-state index contributed by atoms with van der Waals surface area (Å²) in [6, 6.07) is 22.0. The fraction of sp³-hybridized carbons (Fsp3) is 0.333. The lowest BCUT2D eigenvalue weighted by Crippen LogP contribution is -2.12. The van der Waals surface area contributed by atoms with Crippen LogP contribution in [0.25, 0.3) is 10.8 Å². The zero-order valence-corrected chi connectivity index (χ0v) is 16.3. The number of benzene rings is 3. The Bertz CT molecular complexity index is 875. The first-order chi connectivity index (χ1) is 11.6. The summed E-state index contributed by atoms with van der Waals surface area (Å²) in [5.74, 6) is 0. The summed E-state index contributed by atoms with van der Waals surface area (Å²) in [5, 5.41) is 6.18. The fourth-order valence-corrected chi connectivity index (χ4v) is 3.06. The van der Waals surface area contributed by atoms with Crippen LogP contribution in [0.4, 0.5) is 11.4 Å². The molecule has 0 radical (unpaired) electrons. The highest BCUT2D eigenvalue weighted by Gasteiger charge is 2.17. The molecule has 0 bridgehead atoms. The van der Waals surface area contributed by atoms with Crippen LogP contribution in [-0.2, 0) is 10.8 Å². The number of fused-ring (bicyclic) bond motifs is 1. The molecule has 0 saturated heterocycles. The Kier molecular flexibility index (Phi) is 4.36. The summed E-state index contributed by atoms with van der Waals surface area (Å²) in [5.41, 5.74) is 5.30. The van der Waals surface area contributed by atoms with Crippen LogP contribution in [0.1, 0.15) is 52.7 Å². The van der Waals surface area contributed by atoms with Gasteiger partial charge in [0.15, 0.2) is 0 Å². The maximum absolute atomic E-state index is 3.64. The average molecular weight is 332 g/mol. The Morgan fingerprint density at radius 1 is 0.640 bits per heavy atom. The molecule has 0 aliphatic rings. The van der Waals surface area contributed by atoms with Gasteiger partial charge in [0, 0.05) is 16.8 Å². The first kappa shape index (κ1) is 17.5. The largest absolute Gasteiger partial charge is 0.355 e. The van der Waals surface area contributed by atoms with Crippen LogP contribution in [0.2, 0.25) is 0 Å². The van der Waals surface area contributed by atoms with Gasteiger partial charge in [0.2, 0.25) is 0 Å². The number of hydrogen-bond donors (Lipinski definition) is 1. The molecule has 0 amide bonds. The van der Waals surface area contributed by atoms with Gasteiger partial charge in [-0.05, 0) is 45.5 Å². The molecule has 1 N–H and O–H groups in total. The van der Waals surface area contributed by atoms with E-state index in [1.807, 2.05) is 0 Å². The first-order valence-electron chi connectivity index (χ1n) is 9.05. The summed E-state index contributed by atoms with van der Waals surface area (Å²) in [4.78, 5) is 0. The molecule has 130 valence electrons. The number of nitrogens with one attached hydrogen (secondary N) is 1. The third kappa shape index (κ3) is 3.87. The monoisotopic (exact) mass is 331 g/mol. The van der Waals surface area contributed by atoms with Crippen molar-refractivity contribution in [1.82, 2.24) is 0 Å². The van der Waals surface area contributed by atoms with Gasteiger partial charge in [0.1, 0.15) is 0 Å². The summed E-state index contributed by atoms with van der Waals surface area (Å²) < 4.78 is 0. The van der Waals surface area contributed by atoms with E-state index in [0.717, 1.165) is 5.69 Å². The van der Waals surface area contributed by atoms with Crippen LogP contribution >= 0.6 is 0 Å². The van der Waals surface area contributed by atoms with Gasteiger partial charge in [-0.25, -0.2) is 0 Å². The molecule has 25 heavy (non-hydrogen) atoms. The summed E-state index contributed by atoms with van der Waals surface area (Å²) in [6.07, 6.45) is 0. The van der Waals surface area contributed by atoms with Crippen LogP contribution < -0.4 is 5.32 Å². The zero-order valence-electron chi connectivity index (χ0n) is 16.3. The summed E-state index contributed by atoms with van der Waals surface area (Å²) >= 11 is 0. The molecule has 0 atom stereocenters. The molecule has 0 unspecified atom stereocenters. The second-order valence-electron chi connectivity index (χ2n) is 8.95. The lowest BCUT2D eigenvalue weighted by molar-refractivity contribution is 0.590. The molecule has 1 heteroatoms. The normalized spacial score (nSPS) is 12.4. The Labute approximate surface area is 152 Å². The van der Waals surface area contributed by atoms with E-state index in [1.165, 1.54) is 27.6 Å². The van der Waals surface area contributed by atoms with Crippen molar-refractivity contribution in [2.24, 2.45) is 0 Å². The van der Waals surface area contributed by atoms with E-state index in [2.05, 4.69) is 108 Å². The van der Waals surface area contributed by atoms with Crippen LogP contribution in [0.15, 0.2) is 60.7 Å². The van der Waals surface area contributed by atoms with Crippen molar-refractivity contribution in [3.05, 3.63) is 71.8 Å². The molecular weight excluding hydrogens is 302 g/mol. The van der Waals surface area contributed by atoms with Crippen molar-refractivity contribution in [3.8, 4) is 0 Å². The Balaban J connectivity index is 2.03. The van der Waals surface area contributed by atoms with E-state index in [4.69, 9.17) is 0 Å². The van der Waals surface area contributed by atoms with E-state index < -0.39 is 0 Å². The van der Waals surface area contributed by atoms with Crippen molar-refractivity contribution in [2.45, 2.75) is 52.4 Å². The van der Waals surface area contributed by atoms with Crippen LogP contribution in [0.5, 0.6) is 0 Å². The van der Waals surface area contributed by atoms with E-state index in [9.17, 15) is 0 Å². The standard InChI is InChI=1S/C24H29N/c1-23(2,3)18-11-13-20(14-12-18)25-22-16-19(24(4,5)6)15-17-9-7-8-10-21(17)22/h7-16,25H,1-6H3. The van der Waals surface area contributed by atoms with E-state index >= 15 is 0 Å². The highest BCUT2D eigenvalue weighted by atomic mass is 14.9. The predicted octanol–water partition coefficient (Wildman–Crippen LogP) is 7.18. The second kappa shape index (κ2) is 6.22. The molecule has 0 aliphatic heterocycles. The average Bonchev–Trinajstić information content (AvgIpc) is 2.53. The summed E-state index contributed by atoms with van der Waals surface area (Å²) in [6.45, 7) is 13.5. The van der Waals surface area contributed by atoms with Gasteiger partial charge in [-0.3, -0.25) is 0 Å². The van der Waals surface area contributed by atoms with Gasteiger partial charge < -0.3 is 5.32 Å². The van der Waals surface area contributed by atoms with Crippen molar-refractivity contribution in [2.75, 3.05) is 5.32 Å². The molecule has 1 nitrogen and oxygen atoms in total. The van der Waals surface area contributed by atoms with Gasteiger partial charge in [-0.2, -0.15) is 0 Å². The summed E-state index contributed by atoms with van der Waals surface area (Å²) in [7, 11) is 0. The van der Waals surface area contributed by atoms with Crippen molar-refractivity contribution in [3.63, 3.8) is 0 Å². The highest BCUT2D eigenvalue weighted by Crippen LogP contribution is 2.34. The van der Waals surface area contributed by atoms with E-state index in [1.54, 1.807) is 0 Å². The van der Waals surface area contributed by atoms with Crippen LogP contribution in [0, 0.1) is 0 Å². The maximum Gasteiger partial charge on any atom is 0.0466 e. The SMILES string of the molecule is CC(C)(C)c1ccc(Nc2cc(C(C)(C)C)cc3ccccc23)cc1. The van der Waals surface area contributed by atoms with E-state index in [0.29, 0.717) is 0 Å². The quantitative estimate of drug-likeness (QED) is 0.524. The van der Waals surface area contributed by atoms with Crippen molar-refractivity contribution >= 4 is 22.1 Å². The topological polar surface area (TPSA) is 12.0 Å². The number of hydrogen-bond acceptors (Lipinski definition) is 1. The predicted molar refractivity (Wildman–Crippen MR) is 111 cm³/mol. The lowest BCUT2D eigenvalue weighted by atomic mass is 9.85. The van der Waals surface area contributed by atoms with Gasteiger partial charge in [0.25, 0.3) is 0 Å². The smallest absolute Gasteiger partial charge is 0.0466 e. The van der Waals surface area contributed by atoms with Crippen LogP contribution in [-0.4, -0.2) is 0 Å². The number of anilines is 2. The Morgan fingerprint density at radius 3 is 1.84 bits per heavy atom. The molecule has 0 heterocycles. The molecule has 0 spiro atoms. The second-order valence-corrected chi connectivity index (χ2v) is 8.95. The Hall–Kier alpha value is -2.28. The number of rotatable bonds is 2. The van der Waals surface area contributed by atoms with Gasteiger partial charge in [-0.1, -0.05) is 84.0 Å². The molecular formula is C24H29N. The molecule has 0 aliphatic carbocycles. The molecule has 3 rings (SSSR count). The Morgan fingerprint density at radius 2 is 1.24 bits per heavy atom. The maximum atomic E-state index is 3.64. The molecule has 3 aromatic carbocycles. The first-order valence-corrected chi connectivity index (χ1v) is 9.05. The van der Waals surface area contributed by atoms with Crippen molar-refractivity contribution in [1.29, 1.82) is 0 Å². The molecule has 0 aromatic heterocycles. The minimum Gasteiger partial charge on any atom is -0.355 e.